The van der Waals surface area contributed by atoms with Gasteiger partial charge in [0.1, 0.15) is 0 Å². The second-order valence-electron chi connectivity index (χ2n) is 3.43. The normalized spacial score (nSPS) is 9.76. The lowest BCUT2D eigenvalue weighted by Gasteiger charge is -2.04. The van der Waals surface area contributed by atoms with E-state index in [0.29, 0.717) is 0 Å². The SMILES string of the molecule is Cc1cc(C)nc(-n2[nH]c(=O)ccc2=O)n1.Cl. The van der Waals surface area contributed by atoms with Gasteiger partial charge in [-0.2, -0.15) is 4.68 Å². The number of rotatable bonds is 1. The van der Waals surface area contributed by atoms with Gasteiger partial charge in [0.05, 0.1) is 0 Å². The van der Waals surface area contributed by atoms with E-state index in [2.05, 4.69) is 15.1 Å². The second-order valence-corrected chi connectivity index (χ2v) is 3.43. The smallest absolute Gasteiger partial charge is 0.268 e. The molecule has 0 spiro atoms. The van der Waals surface area contributed by atoms with Gasteiger partial charge in [-0.25, -0.2) is 9.97 Å². The maximum atomic E-state index is 11.5. The number of hydrogen-bond donors (Lipinski definition) is 1. The maximum Gasteiger partial charge on any atom is 0.272 e. The van der Waals surface area contributed by atoms with Gasteiger partial charge in [0.15, 0.2) is 0 Å². The fourth-order valence-electron chi connectivity index (χ4n) is 1.38. The summed E-state index contributed by atoms with van der Waals surface area (Å²) >= 11 is 0. The Labute approximate surface area is 103 Å². The van der Waals surface area contributed by atoms with Crippen molar-refractivity contribution in [1.82, 2.24) is 19.7 Å². The molecule has 2 aromatic heterocycles. The van der Waals surface area contributed by atoms with Gasteiger partial charge in [0.2, 0.25) is 0 Å². The van der Waals surface area contributed by atoms with Crippen molar-refractivity contribution in [3.8, 4) is 5.95 Å². The minimum atomic E-state index is -0.373. The van der Waals surface area contributed by atoms with Crippen LogP contribution in [0.5, 0.6) is 0 Å². The Morgan fingerprint density at radius 1 is 1.12 bits per heavy atom. The molecule has 2 rings (SSSR count). The zero-order valence-electron chi connectivity index (χ0n) is 9.30. The van der Waals surface area contributed by atoms with E-state index < -0.39 is 0 Å². The topological polar surface area (TPSA) is 80.6 Å². The Morgan fingerprint density at radius 3 is 2.29 bits per heavy atom. The first kappa shape index (κ1) is 13.1. The quantitative estimate of drug-likeness (QED) is 0.797. The second kappa shape index (κ2) is 4.92. The third kappa shape index (κ3) is 2.79. The number of nitrogens with one attached hydrogen (secondary N) is 1. The number of H-pyrrole nitrogens is 1. The molecule has 0 aliphatic heterocycles. The number of nitrogens with zero attached hydrogens (tertiary/aromatic N) is 3. The number of aryl methyl sites for hydroxylation is 2. The minimum Gasteiger partial charge on any atom is -0.268 e. The van der Waals surface area contributed by atoms with E-state index in [1.807, 2.05) is 0 Å². The van der Waals surface area contributed by atoms with Crippen LogP contribution in [-0.2, 0) is 0 Å². The molecule has 0 radical (unpaired) electrons. The fraction of sp³-hybridized carbons (Fsp3) is 0.200. The average Bonchev–Trinajstić information content (AvgIpc) is 2.20. The Bertz CT molecular complexity index is 627. The summed E-state index contributed by atoms with van der Waals surface area (Å²) < 4.78 is 1.03. The molecular formula is C10H11ClN4O2. The first-order valence-electron chi connectivity index (χ1n) is 4.71. The van der Waals surface area contributed by atoms with Crippen LogP contribution in [0, 0.1) is 13.8 Å². The van der Waals surface area contributed by atoms with Crippen LogP contribution in [0.2, 0.25) is 0 Å². The molecule has 0 fully saturated rings. The van der Waals surface area contributed by atoms with Crippen molar-refractivity contribution in [2.45, 2.75) is 13.8 Å². The predicted octanol–water partition coefficient (Wildman–Crippen LogP) is 0.354. The number of halogens is 1. The Kier molecular flexibility index (Phi) is 3.80. The number of hydrogen-bond acceptors (Lipinski definition) is 4. The summed E-state index contributed by atoms with van der Waals surface area (Å²) in [6.07, 6.45) is 0. The van der Waals surface area contributed by atoms with E-state index in [-0.39, 0.29) is 29.5 Å². The largest absolute Gasteiger partial charge is 0.272 e. The molecule has 7 heteroatoms. The standard InChI is InChI=1S/C10H10N4O2.ClH/c1-6-5-7(2)12-10(11-6)14-9(16)4-3-8(15)13-14;/h3-5H,1-2H3,(H,13,15);1H. The highest BCUT2D eigenvalue weighted by atomic mass is 35.5. The molecule has 1 N–H and O–H groups in total. The fourth-order valence-corrected chi connectivity index (χ4v) is 1.38. The minimum absolute atomic E-state index is 0. The molecule has 0 aliphatic carbocycles. The van der Waals surface area contributed by atoms with Gasteiger partial charge in [-0.05, 0) is 19.9 Å². The first-order chi connectivity index (χ1) is 7.56. The monoisotopic (exact) mass is 254 g/mol. The number of aromatic nitrogens is 4. The summed E-state index contributed by atoms with van der Waals surface area (Å²) in [5.41, 5.74) is 0.727. The van der Waals surface area contributed by atoms with Gasteiger partial charge >= 0.3 is 0 Å². The Hall–Kier alpha value is -1.95. The molecule has 0 saturated carbocycles. The van der Waals surface area contributed by atoms with Crippen LogP contribution in [0.4, 0.5) is 0 Å². The van der Waals surface area contributed by atoms with Crippen LogP contribution in [0.15, 0.2) is 27.8 Å². The van der Waals surface area contributed by atoms with Gasteiger partial charge in [0.25, 0.3) is 17.1 Å². The van der Waals surface area contributed by atoms with Gasteiger partial charge in [0, 0.05) is 23.5 Å². The number of aromatic amines is 1. The summed E-state index contributed by atoms with van der Waals surface area (Å²) in [5.74, 6) is 0.181. The summed E-state index contributed by atoms with van der Waals surface area (Å²) in [6.45, 7) is 3.59. The van der Waals surface area contributed by atoms with Gasteiger partial charge < -0.3 is 0 Å². The van der Waals surface area contributed by atoms with Crippen LogP contribution < -0.4 is 11.1 Å². The van der Waals surface area contributed by atoms with E-state index in [4.69, 9.17) is 0 Å². The van der Waals surface area contributed by atoms with Crippen LogP contribution >= 0.6 is 12.4 Å². The molecule has 17 heavy (non-hydrogen) atoms. The van der Waals surface area contributed by atoms with Crippen LogP contribution in [-0.4, -0.2) is 19.7 Å². The van der Waals surface area contributed by atoms with E-state index in [0.717, 1.165) is 16.1 Å². The molecule has 0 unspecified atom stereocenters. The maximum absolute atomic E-state index is 11.5. The van der Waals surface area contributed by atoms with Crippen LogP contribution in [0.3, 0.4) is 0 Å². The third-order valence-corrected chi connectivity index (χ3v) is 1.99. The molecule has 90 valence electrons. The summed E-state index contributed by atoms with van der Waals surface area (Å²) in [4.78, 5) is 30.8. The first-order valence-corrected chi connectivity index (χ1v) is 4.71. The molecular weight excluding hydrogens is 244 g/mol. The highest BCUT2D eigenvalue weighted by Gasteiger charge is 2.04. The molecule has 0 aliphatic rings. The summed E-state index contributed by atoms with van der Waals surface area (Å²) in [6, 6.07) is 4.14. The van der Waals surface area contributed by atoms with Gasteiger partial charge in [-0.3, -0.25) is 14.7 Å². The van der Waals surface area contributed by atoms with Gasteiger partial charge in [-0.1, -0.05) is 0 Å². The van der Waals surface area contributed by atoms with Crippen molar-refractivity contribution in [1.29, 1.82) is 0 Å². The third-order valence-electron chi connectivity index (χ3n) is 1.99. The van der Waals surface area contributed by atoms with Crippen molar-refractivity contribution < 1.29 is 0 Å². The molecule has 0 aromatic carbocycles. The molecule has 2 aromatic rings. The predicted molar refractivity (Wildman–Crippen MR) is 65.0 cm³/mol. The highest BCUT2D eigenvalue weighted by molar-refractivity contribution is 5.85. The van der Waals surface area contributed by atoms with Gasteiger partial charge in [-0.15, -0.1) is 12.4 Å². The molecule has 0 atom stereocenters. The van der Waals surface area contributed by atoms with E-state index in [1.54, 1.807) is 19.9 Å². The molecule has 6 nitrogen and oxygen atoms in total. The van der Waals surface area contributed by atoms with Crippen molar-refractivity contribution >= 4 is 12.4 Å². The van der Waals surface area contributed by atoms with Crippen LogP contribution in [0.1, 0.15) is 11.4 Å². The molecule has 0 bridgehead atoms. The molecule has 0 saturated heterocycles. The highest BCUT2D eigenvalue weighted by Crippen LogP contribution is 2.00. The Morgan fingerprint density at radius 2 is 1.71 bits per heavy atom. The molecule has 0 amide bonds. The zero-order chi connectivity index (χ0) is 11.7. The Balaban J connectivity index is 0.00000144. The summed E-state index contributed by atoms with van der Waals surface area (Å²) in [7, 11) is 0. The van der Waals surface area contributed by atoms with Crippen molar-refractivity contribution in [2.24, 2.45) is 0 Å². The average molecular weight is 255 g/mol. The lowest BCUT2D eigenvalue weighted by atomic mass is 10.4. The zero-order valence-corrected chi connectivity index (χ0v) is 10.1. The van der Waals surface area contributed by atoms with E-state index in [9.17, 15) is 9.59 Å². The lowest BCUT2D eigenvalue weighted by molar-refractivity contribution is 0.727. The van der Waals surface area contributed by atoms with Crippen molar-refractivity contribution in [2.75, 3.05) is 0 Å². The molecule has 2 heterocycles. The summed E-state index contributed by atoms with van der Waals surface area (Å²) in [5, 5.41) is 2.37. The van der Waals surface area contributed by atoms with Crippen molar-refractivity contribution in [3.63, 3.8) is 0 Å². The van der Waals surface area contributed by atoms with Crippen LogP contribution in [0.25, 0.3) is 5.95 Å². The van der Waals surface area contributed by atoms with Crippen molar-refractivity contribution in [3.05, 3.63) is 50.3 Å². The lowest BCUT2D eigenvalue weighted by Crippen LogP contribution is -2.28. The van der Waals surface area contributed by atoms with E-state index >= 15 is 0 Å². The van der Waals surface area contributed by atoms with E-state index in [1.165, 1.54) is 12.1 Å².